The van der Waals surface area contributed by atoms with E-state index in [4.69, 9.17) is 5.11 Å². The summed E-state index contributed by atoms with van der Waals surface area (Å²) in [7, 11) is 1.70. The smallest absolute Gasteiger partial charge is 0.354 e. The second kappa shape index (κ2) is 4.27. The molecule has 0 aliphatic heterocycles. The van der Waals surface area contributed by atoms with Crippen molar-refractivity contribution in [2.24, 2.45) is 7.05 Å². The normalized spacial score (nSPS) is 10.3. The molecule has 2 aromatic heterocycles. The second-order valence-electron chi connectivity index (χ2n) is 2.85. The van der Waals surface area contributed by atoms with Gasteiger partial charge in [0, 0.05) is 7.05 Å². The maximum absolute atomic E-state index is 10.7. The lowest BCUT2D eigenvalue weighted by Gasteiger charge is -1.99. The van der Waals surface area contributed by atoms with Crippen LogP contribution in [0.4, 0.5) is 0 Å². The molecule has 0 amide bonds. The van der Waals surface area contributed by atoms with Crippen molar-refractivity contribution in [1.82, 2.24) is 25.2 Å². The van der Waals surface area contributed by atoms with Gasteiger partial charge in [-0.1, -0.05) is 6.07 Å². The fourth-order valence-corrected chi connectivity index (χ4v) is 1.72. The summed E-state index contributed by atoms with van der Waals surface area (Å²) in [6.07, 6.45) is 0. The molecule has 82 valence electrons. The maximum Gasteiger partial charge on any atom is 0.354 e. The number of pyridine rings is 1. The van der Waals surface area contributed by atoms with Crippen LogP contribution in [-0.2, 0) is 7.05 Å². The number of carbonyl (C=O) groups is 1. The lowest BCUT2D eigenvalue weighted by Crippen LogP contribution is -2.00. The van der Waals surface area contributed by atoms with E-state index >= 15 is 0 Å². The number of carboxylic acid groups (broad SMARTS) is 1. The monoisotopic (exact) mass is 237 g/mol. The first kappa shape index (κ1) is 10.6. The van der Waals surface area contributed by atoms with Gasteiger partial charge in [-0.2, -0.15) is 0 Å². The Morgan fingerprint density at radius 1 is 1.50 bits per heavy atom. The Kier molecular flexibility index (Phi) is 2.82. The van der Waals surface area contributed by atoms with Crippen LogP contribution in [0.3, 0.4) is 0 Å². The number of carboxylic acids is 1. The van der Waals surface area contributed by atoms with E-state index in [1.807, 2.05) is 0 Å². The van der Waals surface area contributed by atoms with E-state index in [2.05, 4.69) is 20.5 Å². The Morgan fingerprint density at radius 2 is 2.31 bits per heavy atom. The molecular formula is C8H7N5O2S. The van der Waals surface area contributed by atoms with Crippen molar-refractivity contribution in [3.05, 3.63) is 23.9 Å². The summed E-state index contributed by atoms with van der Waals surface area (Å²) < 4.78 is 1.49. The molecule has 2 heterocycles. The highest BCUT2D eigenvalue weighted by molar-refractivity contribution is 7.99. The second-order valence-corrected chi connectivity index (χ2v) is 3.84. The first-order chi connectivity index (χ1) is 7.66. The van der Waals surface area contributed by atoms with Gasteiger partial charge in [-0.3, -0.25) is 0 Å². The Hall–Kier alpha value is -1.96. The number of hydrogen-bond donors (Lipinski definition) is 1. The molecule has 16 heavy (non-hydrogen) atoms. The molecule has 0 fully saturated rings. The molecular weight excluding hydrogens is 230 g/mol. The first-order valence-electron chi connectivity index (χ1n) is 4.27. The topological polar surface area (TPSA) is 93.8 Å². The number of aromatic carboxylic acids is 1. The molecule has 0 saturated carbocycles. The number of rotatable bonds is 3. The molecule has 2 aromatic rings. The van der Waals surface area contributed by atoms with Gasteiger partial charge in [0.1, 0.15) is 10.7 Å². The molecule has 0 aliphatic carbocycles. The molecule has 0 aromatic carbocycles. The molecule has 0 radical (unpaired) electrons. The predicted octanol–water partition coefficient (Wildman–Crippen LogP) is 0.454. The first-order valence-corrected chi connectivity index (χ1v) is 5.09. The van der Waals surface area contributed by atoms with E-state index < -0.39 is 5.97 Å². The van der Waals surface area contributed by atoms with Crippen LogP contribution in [0.2, 0.25) is 0 Å². The third kappa shape index (κ3) is 2.16. The largest absolute Gasteiger partial charge is 0.477 e. The average molecular weight is 237 g/mol. The zero-order chi connectivity index (χ0) is 11.5. The number of aromatic nitrogens is 5. The van der Waals surface area contributed by atoms with Crippen LogP contribution in [0, 0.1) is 0 Å². The minimum Gasteiger partial charge on any atom is -0.477 e. The summed E-state index contributed by atoms with van der Waals surface area (Å²) in [5.41, 5.74) is 0.000118. The van der Waals surface area contributed by atoms with E-state index in [-0.39, 0.29) is 5.69 Å². The molecule has 0 bridgehead atoms. The highest BCUT2D eigenvalue weighted by atomic mass is 32.2. The van der Waals surface area contributed by atoms with Crippen molar-refractivity contribution < 1.29 is 9.90 Å². The van der Waals surface area contributed by atoms with Gasteiger partial charge in [-0.25, -0.2) is 14.5 Å². The summed E-state index contributed by atoms with van der Waals surface area (Å²) in [4.78, 5) is 14.6. The SMILES string of the molecule is Cn1nnnc1Sc1cccc(C(=O)O)n1. The minimum absolute atomic E-state index is 0.000118. The number of nitrogens with zero attached hydrogens (tertiary/aromatic N) is 5. The Balaban J connectivity index is 2.25. The van der Waals surface area contributed by atoms with E-state index in [9.17, 15) is 4.79 Å². The van der Waals surface area contributed by atoms with Crippen LogP contribution in [0.5, 0.6) is 0 Å². The maximum atomic E-state index is 10.7. The van der Waals surface area contributed by atoms with E-state index in [1.165, 1.54) is 22.5 Å². The van der Waals surface area contributed by atoms with Crippen LogP contribution in [-0.4, -0.2) is 36.3 Å². The summed E-state index contributed by atoms with van der Waals surface area (Å²) in [6, 6.07) is 4.76. The third-order valence-corrected chi connectivity index (χ3v) is 2.68. The Morgan fingerprint density at radius 3 is 2.94 bits per heavy atom. The van der Waals surface area contributed by atoms with Gasteiger partial charge in [-0.05, 0) is 34.3 Å². The zero-order valence-electron chi connectivity index (χ0n) is 8.23. The lowest BCUT2D eigenvalue weighted by atomic mass is 10.4. The van der Waals surface area contributed by atoms with Crippen molar-refractivity contribution in [1.29, 1.82) is 0 Å². The van der Waals surface area contributed by atoms with Gasteiger partial charge in [-0.15, -0.1) is 5.10 Å². The van der Waals surface area contributed by atoms with Crippen molar-refractivity contribution in [3.8, 4) is 0 Å². The minimum atomic E-state index is -1.06. The highest BCUT2D eigenvalue weighted by Gasteiger charge is 2.09. The molecule has 0 atom stereocenters. The van der Waals surface area contributed by atoms with Crippen LogP contribution in [0.25, 0.3) is 0 Å². The standard InChI is InChI=1S/C8H7N5O2S/c1-13-8(10-11-12-13)16-6-4-2-3-5(9-6)7(14)15/h2-4H,1H3,(H,14,15). The van der Waals surface area contributed by atoms with Crippen LogP contribution in [0.15, 0.2) is 28.4 Å². The molecule has 2 rings (SSSR count). The van der Waals surface area contributed by atoms with Gasteiger partial charge in [0.25, 0.3) is 0 Å². The summed E-state index contributed by atoms with van der Waals surface area (Å²) >= 11 is 1.20. The average Bonchev–Trinajstić information content (AvgIpc) is 2.65. The summed E-state index contributed by atoms with van der Waals surface area (Å²) in [6.45, 7) is 0. The number of hydrogen-bond acceptors (Lipinski definition) is 6. The van der Waals surface area contributed by atoms with Gasteiger partial charge >= 0.3 is 5.97 Å². The Labute approximate surface area is 94.5 Å². The zero-order valence-corrected chi connectivity index (χ0v) is 9.05. The van der Waals surface area contributed by atoms with Gasteiger partial charge in [0.15, 0.2) is 0 Å². The molecule has 1 N–H and O–H groups in total. The Bertz CT molecular complexity index is 527. The molecule has 8 heteroatoms. The molecule has 7 nitrogen and oxygen atoms in total. The summed E-state index contributed by atoms with van der Waals surface area (Å²) in [5.74, 6) is -1.06. The third-order valence-electron chi connectivity index (χ3n) is 1.72. The molecule has 0 spiro atoms. The number of aryl methyl sites for hydroxylation is 1. The molecule has 0 aliphatic rings. The van der Waals surface area contributed by atoms with Crippen molar-refractivity contribution in [2.45, 2.75) is 10.2 Å². The van der Waals surface area contributed by atoms with E-state index in [0.29, 0.717) is 10.2 Å². The fourth-order valence-electron chi connectivity index (χ4n) is 0.992. The van der Waals surface area contributed by atoms with Gasteiger partial charge < -0.3 is 5.11 Å². The quantitative estimate of drug-likeness (QED) is 0.828. The fraction of sp³-hybridized carbons (Fsp3) is 0.125. The van der Waals surface area contributed by atoms with Crippen LogP contribution >= 0.6 is 11.8 Å². The predicted molar refractivity (Wildman–Crippen MR) is 54.1 cm³/mol. The van der Waals surface area contributed by atoms with Crippen LogP contribution < -0.4 is 0 Å². The highest BCUT2D eigenvalue weighted by Crippen LogP contribution is 2.22. The molecule has 0 unspecified atom stereocenters. The number of tetrazole rings is 1. The van der Waals surface area contributed by atoms with E-state index in [1.54, 1.807) is 19.2 Å². The van der Waals surface area contributed by atoms with Crippen molar-refractivity contribution in [3.63, 3.8) is 0 Å². The summed E-state index contributed by atoms with van der Waals surface area (Å²) in [5, 5.41) is 20.8. The van der Waals surface area contributed by atoms with Gasteiger partial charge in [0.2, 0.25) is 5.16 Å². The van der Waals surface area contributed by atoms with E-state index in [0.717, 1.165) is 0 Å². The van der Waals surface area contributed by atoms with Crippen molar-refractivity contribution in [2.75, 3.05) is 0 Å². The lowest BCUT2D eigenvalue weighted by molar-refractivity contribution is 0.0689. The van der Waals surface area contributed by atoms with Crippen LogP contribution in [0.1, 0.15) is 10.5 Å². The van der Waals surface area contributed by atoms with Gasteiger partial charge in [0.05, 0.1) is 0 Å². The van der Waals surface area contributed by atoms with Crippen molar-refractivity contribution >= 4 is 17.7 Å². The molecule has 0 saturated heterocycles.